The van der Waals surface area contributed by atoms with Gasteiger partial charge in [-0.1, -0.05) is 0 Å². The monoisotopic (exact) mass is 375 g/mol. The van der Waals surface area contributed by atoms with Crippen molar-refractivity contribution in [2.45, 2.75) is 33.2 Å². The fraction of sp³-hybridized carbons (Fsp3) is 0.421. The number of nitrogens with one attached hydrogen (secondary N) is 1. The Labute approximate surface area is 158 Å². The SMILES string of the molecule is CCN(CC(=O)NC(C)(C)C)C(=O)c1csc(-c2ccc(OC)cc2)n1. The molecule has 0 radical (unpaired) electrons. The Morgan fingerprint density at radius 1 is 1.23 bits per heavy atom. The van der Waals surface area contributed by atoms with Gasteiger partial charge in [-0.25, -0.2) is 4.98 Å². The molecule has 140 valence electrons. The zero-order valence-corrected chi connectivity index (χ0v) is 16.6. The summed E-state index contributed by atoms with van der Waals surface area (Å²) in [6.45, 7) is 8.02. The van der Waals surface area contributed by atoms with Crippen LogP contribution in [0.3, 0.4) is 0 Å². The zero-order chi connectivity index (χ0) is 19.3. The van der Waals surface area contributed by atoms with Gasteiger partial charge in [0.05, 0.1) is 13.7 Å². The van der Waals surface area contributed by atoms with Crippen molar-refractivity contribution in [3.05, 3.63) is 35.3 Å². The number of aromatic nitrogens is 1. The molecule has 7 heteroatoms. The van der Waals surface area contributed by atoms with Crippen molar-refractivity contribution < 1.29 is 14.3 Å². The van der Waals surface area contributed by atoms with E-state index in [1.165, 1.54) is 16.2 Å². The molecule has 2 amide bonds. The maximum absolute atomic E-state index is 12.7. The Bertz CT molecular complexity index is 763. The van der Waals surface area contributed by atoms with Crippen LogP contribution in [0.25, 0.3) is 10.6 Å². The summed E-state index contributed by atoms with van der Waals surface area (Å²) in [5.41, 5.74) is 0.941. The van der Waals surface area contributed by atoms with Crippen LogP contribution in [0.2, 0.25) is 0 Å². The highest BCUT2D eigenvalue weighted by Crippen LogP contribution is 2.26. The Kier molecular flexibility index (Phi) is 6.37. The Morgan fingerprint density at radius 3 is 2.42 bits per heavy atom. The summed E-state index contributed by atoms with van der Waals surface area (Å²) in [6.07, 6.45) is 0. The lowest BCUT2D eigenvalue weighted by Crippen LogP contribution is -2.47. The van der Waals surface area contributed by atoms with E-state index in [2.05, 4.69) is 10.3 Å². The van der Waals surface area contributed by atoms with E-state index in [0.717, 1.165) is 16.3 Å². The minimum Gasteiger partial charge on any atom is -0.497 e. The Hall–Kier alpha value is -2.41. The average Bonchev–Trinajstić information content (AvgIpc) is 3.07. The Balaban J connectivity index is 2.10. The van der Waals surface area contributed by atoms with E-state index < -0.39 is 0 Å². The van der Waals surface area contributed by atoms with Gasteiger partial charge in [-0.2, -0.15) is 0 Å². The fourth-order valence-corrected chi connectivity index (χ4v) is 3.16. The van der Waals surface area contributed by atoms with Gasteiger partial charge in [0.1, 0.15) is 16.5 Å². The molecule has 6 nitrogen and oxygen atoms in total. The predicted molar refractivity (Wildman–Crippen MR) is 104 cm³/mol. The van der Waals surface area contributed by atoms with E-state index in [4.69, 9.17) is 4.74 Å². The smallest absolute Gasteiger partial charge is 0.273 e. The highest BCUT2D eigenvalue weighted by molar-refractivity contribution is 7.13. The number of methoxy groups -OCH3 is 1. The summed E-state index contributed by atoms with van der Waals surface area (Å²) < 4.78 is 5.15. The van der Waals surface area contributed by atoms with Gasteiger partial charge in [-0.3, -0.25) is 9.59 Å². The molecule has 0 aliphatic heterocycles. The molecule has 2 aromatic rings. The average molecular weight is 375 g/mol. The van der Waals surface area contributed by atoms with Gasteiger partial charge >= 0.3 is 0 Å². The molecule has 26 heavy (non-hydrogen) atoms. The normalized spacial score (nSPS) is 11.1. The number of hydrogen-bond acceptors (Lipinski definition) is 5. The van der Waals surface area contributed by atoms with Crippen molar-refractivity contribution in [2.75, 3.05) is 20.2 Å². The number of hydrogen-bond donors (Lipinski definition) is 1. The number of likely N-dealkylation sites (N-methyl/N-ethyl adjacent to an activating group) is 1. The molecular formula is C19H25N3O3S. The number of rotatable bonds is 6. The van der Waals surface area contributed by atoms with Crippen LogP contribution in [0.1, 0.15) is 38.2 Å². The summed E-state index contributed by atoms with van der Waals surface area (Å²) in [5, 5.41) is 5.35. The van der Waals surface area contributed by atoms with E-state index in [1.807, 2.05) is 52.0 Å². The standard InChI is InChI=1S/C19H25N3O3S/c1-6-22(11-16(23)21-19(2,3)4)18(24)15-12-26-17(20-15)13-7-9-14(25-5)10-8-13/h7-10,12H,6,11H2,1-5H3,(H,21,23). The molecule has 0 fully saturated rings. The second kappa shape index (κ2) is 8.31. The molecule has 0 saturated carbocycles. The zero-order valence-electron chi connectivity index (χ0n) is 15.8. The van der Waals surface area contributed by atoms with Crippen LogP contribution >= 0.6 is 11.3 Å². The van der Waals surface area contributed by atoms with Crippen LogP contribution in [-0.4, -0.2) is 47.4 Å². The maximum Gasteiger partial charge on any atom is 0.273 e. The Morgan fingerprint density at radius 2 is 1.88 bits per heavy atom. The number of benzene rings is 1. The predicted octanol–water partition coefficient (Wildman–Crippen LogP) is 3.20. The quantitative estimate of drug-likeness (QED) is 0.842. The fourth-order valence-electron chi connectivity index (χ4n) is 2.36. The van der Waals surface area contributed by atoms with Gasteiger partial charge in [0.25, 0.3) is 5.91 Å². The summed E-state index contributed by atoms with van der Waals surface area (Å²) in [6, 6.07) is 7.52. The van der Waals surface area contributed by atoms with E-state index in [9.17, 15) is 9.59 Å². The van der Waals surface area contributed by atoms with Crippen LogP contribution in [0, 0.1) is 0 Å². The third kappa shape index (κ3) is 5.29. The van der Waals surface area contributed by atoms with Crippen LogP contribution < -0.4 is 10.1 Å². The summed E-state index contributed by atoms with van der Waals surface area (Å²) in [7, 11) is 1.62. The second-order valence-electron chi connectivity index (χ2n) is 6.88. The summed E-state index contributed by atoms with van der Waals surface area (Å²) in [4.78, 5) is 30.7. The highest BCUT2D eigenvalue weighted by atomic mass is 32.1. The second-order valence-corrected chi connectivity index (χ2v) is 7.74. The van der Waals surface area contributed by atoms with Crippen molar-refractivity contribution in [3.63, 3.8) is 0 Å². The molecule has 0 atom stereocenters. The van der Waals surface area contributed by atoms with Crippen LogP contribution in [0.5, 0.6) is 5.75 Å². The van der Waals surface area contributed by atoms with E-state index >= 15 is 0 Å². The van der Waals surface area contributed by atoms with E-state index in [1.54, 1.807) is 12.5 Å². The van der Waals surface area contributed by atoms with Crippen molar-refractivity contribution in [2.24, 2.45) is 0 Å². The van der Waals surface area contributed by atoms with Crippen molar-refractivity contribution in [1.29, 1.82) is 0 Å². The van der Waals surface area contributed by atoms with Crippen LogP contribution in [0.15, 0.2) is 29.6 Å². The molecule has 1 N–H and O–H groups in total. The van der Waals surface area contributed by atoms with Gasteiger partial charge in [-0.05, 0) is 52.0 Å². The minimum atomic E-state index is -0.332. The van der Waals surface area contributed by atoms with Gasteiger partial charge < -0.3 is 15.0 Å². The summed E-state index contributed by atoms with van der Waals surface area (Å²) in [5.74, 6) is 0.342. The molecule has 0 bridgehead atoms. The number of carbonyl (C=O) groups excluding carboxylic acids is 2. The lowest BCUT2D eigenvalue weighted by atomic mass is 10.1. The third-order valence-corrected chi connectivity index (χ3v) is 4.47. The van der Waals surface area contributed by atoms with Gasteiger partial charge in [0.2, 0.25) is 5.91 Å². The van der Waals surface area contributed by atoms with Gasteiger partial charge in [0.15, 0.2) is 0 Å². The van der Waals surface area contributed by atoms with E-state index in [-0.39, 0.29) is 23.9 Å². The van der Waals surface area contributed by atoms with Crippen molar-refractivity contribution >= 4 is 23.2 Å². The number of ether oxygens (including phenoxy) is 1. The van der Waals surface area contributed by atoms with Crippen molar-refractivity contribution in [1.82, 2.24) is 15.2 Å². The number of amides is 2. The molecule has 0 aliphatic rings. The third-order valence-electron chi connectivity index (χ3n) is 3.58. The molecule has 1 heterocycles. The first-order chi connectivity index (χ1) is 12.2. The molecule has 0 spiro atoms. The maximum atomic E-state index is 12.7. The molecule has 0 aliphatic carbocycles. The topological polar surface area (TPSA) is 71.5 Å². The van der Waals surface area contributed by atoms with E-state index in [0.29, 0.717) is 12.2 Å². The first-order valence-electron chi connectivity index (χ1n) is 8.43. The lowest BCUT2D eigenvalue weighted by molar-refractivity contribution is -0.123. The number of thiazole rings is 1. The molecule has 0 saturated heterocycles. The lowest BCUT2D eigenvalue weighted by Gasteiger charge is -2.24. The highest BCUT2D eigenvalue weighted by Gasteiger charge is 2.22. The summed E-state index contributed by atoms with van der Waals surface area (Å²) >= 11 is 1.40. The van der Waals surface area contributed by atoms with Crippen LogP contribution in [-0.2, 0) is 4.79 Å². The van der Waals surface area contributed by atoms with Crippen LogP contribution in [0.4, 0.5) is 0 Å². The molecule has 0 unspecified atom stereocenters. The van der Waals surface area contributed by atoms with Gasteiger partial charge in [0, 0.05) is 23.0 Å². The molecule has 1 aromatic carbocycles. The minimum absolute atomic E-state index is 0.0159. The largest absolute Gasteiger partial charge is 0.497 e. The van der Waals surface area contributed by atoms with Crippen molar-refractivity contribution in [3.8, 4) is 16.3 Å². The number of nitrogens with zero attached hydrogens (tertiary/aromatic N) is 2. The first-order valence-corrected chi connectivity index (χ1v) is 9.31. The number of carbonyl (C=O) groups is 2. The molecule has 1 aromatic heterocycles. The molecular weight excluding hydrogens is 350 g/mol. The first kappa shape index (κ1) is 19.9. The van der Waals surface area contributed by atoms with Gasteiger partial charge in [-0.15, -0.1) is 11.3 Å². The molecule has 2 rings (SSSR count).